The first-order valence-electron chi connectivity index (χ1n) is 5.03. The van der Waals surface area contributed by atoms with E-state index < -0.39 is 5.82 Å². The van der Waals surface area contributed by atoms with Crippen molar-refractivity contribution in [2.45, 2.75) is 13.5 Å². The molecule has 0 radical (unpaired) electrons. The van der Waals surface area contributed by atoms with Gasteiger partial charge in [0.2, 0.25) is 11.7 Å². The number of hydrogen-bond acceptors (Lipinski definition) is 5. The van der Waals surface area contributed by atoms with Crippen LogP contribution in [0, 0.1) is 12.7 Å². The van der Waals surface area contributed by atoms with E-state index >= 15 is 0 Å². The number of halogens is 1. The van der Waals surface area contributed by atoms with E-state index in [2.05, 4.69) is 10.1 Å². The quantitative estimate of drug-likeness (QED) is 0.878. The van der Waals surface area contributed by atoms with Crippen LogP contribution in [0.3, 0.4) is 0 Å². The lowest BCUT2D eigenvalue weighted by Crippen LogP contribution is -1.98. The van der Waals surface area contributed by atoms with Crippen molar-refractivity contribution in [3.8, 4) is 17.1 Å². The fraction of sp³-hybridized carbons (Fsp3) is 0.273. The van der Waals surface area contributed by atoms with Gasteiger partial charge in [0.25, 0.3) is 0 Å². The molecule has 0 fully saturated rings. The maximum atomic E-state index is 13.6. The summed E-state index contributed by atoms with van der Waals surface area (Å²) in [5, 5.41) is 3.76. The first-order valence-corrected chi connectivity index (χ1v) is 5.03. The number of aryl methyl sites for hydroxylation is 1. The molecule has 90 valence electrons. The van der Waals surface area contributed by atoms with Gasteiger partial charge in [-0.2, -0.15) is 4.98 Å². The van der Waals surface area contributed by atoms with Gasteiger partial charge < -0.3 is 15.0 Å². The van der Waals surface area contributed by atoms with Crippen LogP contribution in [0.25, 0.3) is 11.4 Å². The van der Waals surface area contributed by atoms with Gasteiger partial charge in [-0.1, -0.05) is 11.2 Å². The van der Waals surface area contributed by atoms with Crippen molar-refractivity contribution in [1.82, 2.24) is 10.1 Å². The lowest BCUT2D eigenvalue weighted by Gasteiger charge is -2.08. The van der Waals surface area contributed by atoms with Gasteiger partial charge in [-0.15, -0.1) is 0 Å². The average Bonchev–Trinajstić information content (AvgIpc) is 2.80. The Morgan fingerprint density at radius 1 is 1.47 bits per heavy atom. The molecule has 0 unspecified atom stereocenters. The number of aromatic nitrogens is 2. The molecule has 0 saturated heterocycles. The zero-order valence-electron chi connectivity index (χ0n) is 9.53. The molecule has 1 heterocycles. The number of methoxy groups -OCH3 is 1. The molecule has 5 nitrogen and oxygen atoms in total. The second kappa shape index (κ2) is 4.50. The highest BCUT2D eigenvalue weighted by molar-refractivity contribution is 5.68. The predicted molar refractivity (Wildman–Crippen MR) is 58.9 cm³/mol. The van der Waals surface area contributed by atoms with Crippen LogP contribution in [0.5, 0.6) is 5.75 Å². The van der Waals surface area contributed by atoms with Gasteiger partial charge in [-0.05, 0) is 18.6 Å². The van der Waals surface area contributed by atoms with Gasteiger partial charge in [0.1, 0.15) is 0 Å². The van der Waals surface area contributed by atoms with E-state index in [1.54, 1.807) is 6.07 Å². The molecule has 17 heavy (non-hydrogen) atoms. The molecule has 0 aliphatic carbocycles. The van der Waals surface area contributed by atoms with Gasteiger partial charge in [-0.25, -0.2) is 4.39 Å². The summed E-state index contributed by atoms with van der Waals surface area (Å²) in [6.07, 6.45) is 0. The van der Waals surface area contributed by atoms with E-state index in [1.807, 2.05) is 6.92 Å². The molecule has 2 rings (SSSR count). The fourth-order valence-corrected chi connectivity index (χ4v) is 1.57. The summed E-state index contributed by atoms with van der Waals surface area (Å²) in [5.74, 6) is 0.214. The molecular formula is C11H12FN3O2. The maximum absolute atomic E-state index is 13.6. The number of nitrogens with zero attached hydrogens (tertiary/aromatic N) is 2. The van der Waals surface area contributed by atoms with Crippen LogP contribution in [0.2, 0.25) is 0 Å². The Morgan fingerprint density at radius 2 is 2.24 bits per heavy atom. The smallest absolute Gasteiger partial charge is 0.240 e. The molecule has 0 aliphatic heterocycles. The Kier molecular flexibility index (Phi) is 3.06. The lowest BCUT2D eigenvalue weighted by molar-refractivity contribution is 0.377. The molecule has 0 saturated carbocycles. The second-order valence-corrected chi connectivity index (χ2v) is 3.49. The Morgan fingerprint density at radius 3 is 2.82 bits per heavy atom. The molecule has 2 N–H and O–H groups in total. The molecule has 1 aromatic carbocycles. The maximum Gasteiger partial charge on any atom is 0.240 e. The van der Waals surface area contributed by atoms with Crippen molar-refractivity contribution in [2.24, 2.45) is 5.73 Å². The zero-order valence-corrected chi connectivity index (χ0v) is 9.53. The Labute approximate surface area is 97.4 Å². The Hall–Kier alpha value is -1.95. The number of nitrogens with two attached hydrogens (primary N) is 1. The van der Waals surface area contributed by atoms with Crippen LogP contribution >= 0.6 is 0 Å². The summed E-state index contributed by atoms with van der Waals surface area (Å²) in [7, 11) is 1.39. The largest absolute Gasteiger partial charge is 0.493 e. The highest BCUT2D eigenvalue weighted by Crippen LogP contribution is 2.33. The molecular weight excluding hydrogens is 225 g/mol. The molecule has 0 atom stereocenters. The van der Waals surface area contributed by atoms with E-state index in [0.717, 1.165) is 5.56 Å². The summed E-state index contributed by atoms with van der Waals surface area (Å²) in [4.78, 5) is 4.06. The average molecular weight is 237 g/mol. The first kappa shape index (κ1) is 11.5. The predicted octanol–water partition coefficient (Wildman–Crippen LogP) is 1.65. The molecule has 0 bridgehead atoms. The van der Waals surface area contributed by atoms with Crippen molar-refractivity contribution in [1.29, 1.82) is 0 Å². The molecule has 2 aromatic rings. The summed E-state index contributed by atoms with van der Waals surface area (Å²) < 4.78 is 23.5. The minimum atomic E-state index is -0.466. The van der Waals surface area contributed by atoms with E-state index in [4.69, 9.17) is 15.0 Å². The van der Waals surface area contributed by atoms with Crippen LogP contribution in [-0.4, -0.2) is 17.3 Å². The number of ether oxygens (including phenoxy) is 1. The van der Waals surface area contributed by atoms with Crippen LogP contribution in [-0.2, 0) is 6.54 Å². The lowest BCUT2D eigenvalue weighted by atomic mass is 10.1. The minimum Gasteiger partial charge on any atom is -0.493 e. The number of hydrogen-bond donors (Lipinski definition) is 1. The van der Waals surface area contributed by atoms with Crippen molar-refractivity contribution in [3.63, 3.8) is 0 Å². The molecule has 0 spiro atoms. The SMILES string of the molecule is COc1c(F)ccc(C)c1-c1noc(CN)n1. The van der Waals surface area contributed by atoms with Crippen molar-refractivity contribution in [2.75, 3.05) is 7.11 Å². The third-order valence-corrected chi connectivity index (χ3v) is 2.39. The molecule has 1 aromatic heterocycles. The van der Waals surface area contributed by atoms with Gasteiger partial charge in [-0.3, -0.25) is 0 Å². The van der Waals surface area contributed by atoms with E-state index in [-0.39, 0.29) is 18.1 Å². The highest BCUT2D eigenvalue weighted by atomic mass is 19.1. The topological polar surface area (TPSA) is 74.2 Å². The standard InChI is InChI=1S/C11H12FN3O2/c1-6-3-4-7(12)10(16-2)9(6)11-14-8(5-13)17-15-11/h3-4H,5,13H2,1-2H3. The normalized spacial score (nSPS) is 10.6. The molecule has 0 aliphatic rings. The van der Waals surface area contributed by atoms with E-state index in [9.17, 15) is 4.39 Å². The van der Waals surface area contributed by atoms with E-state index in [0.29, 0.717) is 11.5 Å². The van der Waals surface area contributed by atoms with Crippen LogP contribution in [0.1, 0.15) is 11.5 Å². The van der Waals surface area contributed by atoms with Gasteiger partial charge in [0.05, 0.1) is 19.2 Å². The van der Waals surface area contributed by atoms with Crippen LogP contribution in [0.4, 0.5) is 4.39 Å². The summed E-state index contributed by atoms with van der Waals surface area (Å²) >= 11 is 0. The van der Waals surface area contributed by atoms with Crippen LogP contribution < -0.4 is 10.5 Å². The zero-order chi connectivity index (χ0) is 12.4. The third kappa shape index (κ3) is 1.99. The van der Waals surface area contributed by atoms with E-state index in [1.165, 1.54) is 13.2 Å². The first-order chi connectivity index (χ1) is 8.17. The summed E-state index contributed by atoms with van der Waals surface area (Å²) in [5.41, 5.74) is 6.66. The third-order valence-electron chi connectivity index (χ3n) is 2.39. The fourth-order valence-electron chi connectivity index (χ4n) is 1.57. The van der Waals surface area contributed by atoms with Gasteiger partial charge in [0, 0.05) is 0 Å². The monoisotopic (exact) mass is 237 g/mol. The number of benzene rings is 1. The van der Waals surface area contributed by atoms with Gasteiger partial charge >= 0.3 is 0 Å². The molecule has 6 heteroatoms. The van der Waals surface area contributed by atoms with Crippen molar-refractivity contribution >= 4 is 0 Å². The van der Waals surface area contributed by atoms with Gasteiger partial charge in [0.15, 0.2) is 11.6 Å². The second-order valence-electron chi connectivity index (χ2n) is 3.49. The van der Waals surface area contributed by atoms with Crippen molar-refractivity contribution < 1.29 is 13.7 Å². The Bertz CT molecular complexity index is 540. The van der Waals surface area contributed by atoms with Crippen LogP contribution in [0.15, 0.2) is 16.7 Å². The number of rotatable bonds is 3. The summed E-state index contributed by atoms with van der Waals surface area (Å²) in [6.45, 7) is 1.96. The minimum absolute atomic E-state index is 0.106. The van der Waals surface area contributed by atoms with Crippen molar-refractivity contribution in [3.05, 3.63) is 29.4 Å². The molecule has 0 amide bonds. The Balaban J connectivity index is 2.60. The summed E-state index contributed by atoms with van der Waals surface area (Å²) in [6, 6.07) is 2.97. The highest BCUT2D eigenvalue weighted by Gasteiger charge is 2.18.